The van der Waals surface area contributed by atoms with Crippen LogP contribution in [0.3, 0.4) is 0 Å². The maximum Gasteiger partial charge on any atom is 0.157 e. The molecule has 0 aliphatic carbocycles. The molecule has 0 saturated carbocycles. The molecule has 1 fully saturated rings. The van der Waals surface area contributed by atoms with Gasteiger partial charge in [-0.05, 0) is 0 Å². The van der Waals surface area contributed by atoms with Gasteiger partial charge in [0.05, 0.1) is 13.2 Å². The van der Waals surface area contributed by atoms with Gasteiger partial charge < -0.3 is 15.0 Å². The smallest absolute Gasteiger partial charge is 0.157 e. The Morgan fingerprint density at radius 2 is 2.35 bits per heavy atom. The van der Waals surface area contributed by atoms with Gasteiger partial charge in [-0.15, -0.1) is 11.3 Å². The molecular formula is C12H14ClN5OS. The molecule has 3 heterocycles. The van der Waals surface area contributed by atoms with Crippen LogP contribution in [0.15, 0.2) is 17.9 Å². The summed E-state index contributed by atoms with van der Waals surface area (Å²) in [6, 6.07) is 0. The van der Waals surface area contributed by atoms with Crippen LogP contribution in [0.2, 0.25) is 5.15 Å². The molecule has 3 rings (SSSR count). The number of nitrogens with zero attached hydrogens (tertiary/aromatic N) is 4. The maximum absolute atomic E-state index is 6.10. The van der Waals surface area contributed by atoms with E-state index in [1.807, 2.05) is 12.4 Å². The molecule has 8 heteroatoms. The van der Waals surface area contributed by atoms with Crippen molar-refractivity contribution in [3.63, 3.8) is 0 Å². The fraction of sp³-hybridized carbons (Fsp3) is 0.417. The Labute approximate surface area is 125 Å². The Balaban J connectivity index is 1.85. The standard InChI is InChI=1S/C12H14ClN5OS/c1-14-9-10(13)16-7-17-11(9)18-3-4-19-8(6-18)12-15-2-5-20-12/h2,5,7-8,14H,3-4,6H2,1H3. The number of hydrogen-bond acceptors (Lipinski definition) is 7. The van der Waals surface area contributed by atoms with E-state index in [0.29, 0.717) is 18.3 Å². The summed E-state index contributed by atoms with van der Waals surface area (Å²) in [5.74, 6) is 0.803. The summed E-state index contributed by atoms with van der Waals surface area (Å²) in [6.07, 6.45) is 3.25. The van der Waals surface area contributed by atoms with Crippen molar-refractivity contribution in [1.82, 2.24) is 15.0 Å². The van der Waals surface area contributed by atoms with E-state index in [1.165, 1.54) is 6.33 Å². The molecule has 0 bridgehead atoms. The van der Waals surface area contributed by atoms with Crippen molar-refractivity contribution in [3.05, 3.63) is 28.1 Å². The molecule has 1 aliphatic rings. The number of nitrogens with one attached hydrogen (secondary N) is 1. The number of ether oxygens (including phenoxy) is 1. The molecule has 1 aliphatic heterocycles. The highest BCUT2D eigenvalue weighted by Crippen LogP contribution is 2.32. The minimum absolute atomic E-state index is 0.0257. The molecule has 1 N–H and O–H groups in total. The maximum atomic E-state index is 6.10. The first-order valence-corrected chi connectivity index (χ1v) is 7.49. The summed E-state index contributed by atoms with van der Waals surface area (Å²) in [5.41, 5.74) is 0.744. The number of aromatic nitrogens is 3. The number of anilines is 2. The van der Waals surface area contributed by atoms with Gasteiger partial charge >= 0.3 is 0 Å². The number of halogens is 1. The fourth-order valence-electron chi connectivity index (χ4n) is 2.19. The summed E-state index contributed by atoms with van der Waals surface area (Å²) in [5, 5.41) is 6.43. The molecule has 1 atom stereocenters. The second kappa shape index (κ2) is 5.90. The van der Waals surface area contributed by atoms with Crippen molar-refractivity contribution in [3.8, 4) is 0 Å². The van der Waals surface area contributed by atoms with E-state index in [2.05, 4.69) is 25.2 Å². The first-order chi connectivity index (χ1) is 9.79. The van der Waals surface area contributed by atoms with Gasteiger partial charge in [-0.3, -0.25) is 0 Å². The number of thiazole rings is 1. The number of rotatable bonds is 3. The summed E-state index contributed by atoms with van der Waals surface area (Å²) in [7, 11) is 1.81. The van der Waals surface area contributed by atoms with Crippen LogP contribution in [0.4, 0.5) is 11.5 Å². The second-order valence-electron chi connectivity index (χ2n) is 4.29. The van der Waals surface area contributed by atoms with E-state index in [-0.39, 0.29) is 6.10 Å². The third-order valence-corrected chi connectivity index (χ3v) is 4.28. The van der Waals surface area contributed by atoms with Gasteiger partial charge in [0, 0.05) is 25.2 Å². The molecule has 2 aromatic heterocycles. The van der Waals surface area contributed by atoms with Gasteiger partial charge in [-0.25, -0.2) is 15.0 Å². The lowest BCUT2D eigenvalue weighted by Gasteiger charge is -2.33. The van der Waals surface area contributed by atoms with Gasteiger partial charge in [0.2, 0.25) is 0 Å². The Bertz CT molecular complexity index is 579. The van der Waals surface area contributed by atoms with Crippen LogP contribution < -0.4 is 10.2 Å². The van der Waals surface area contributed by atoms with Crippen molar-refractivity contribution in [2.45, 2.75) is 6.10 Å². The minimum atomic E-state index is -0.0257. The highest BCUT2D eigenvalue weighted by Gasteiger charge is 2.26. The predicted molar refractivity (Wildman–Crippen MR) is 79.6 cm³/mol. The highest BCUT2D eigenvalue weighted by atomic mass is 35.5. The average Bonchev–Trinajstić information content (AvgIpc) is 3.01. The molecular weight excluding hydrogens is 298 g/mol. The zero-order valence-electron chi connectivity index (χ0n) is 10.9. The predicted octanol–water partition coefficient (Wildman–Crippen LogP) is 2.21. The molecule has 106 valence electrons. The van der Waals surface area contributed by atoms with Crippen LogP contribution in [0.1, 0.15) is 11.1 Å². The molecule has 0 aromatic carbocycles. The van der Waals surface area contributed by atoms with E-state index in [9.17, 15) is 0 Å². The summed E-state index contributed by atoms with van der Waals surface area (Å²) >= 11 is 7.71. The van der Waals surface area contributed by atoms with E-state index < -0.39 is 0 Å². The number of hydrogen-bond donors (Lipinski definition) is 1. The highest BCUT2D eigenvalue weighted by molar-refractivity contribution is 7.09. The van der Waals surface area contributed by atoms with Gasteiger partial charge in [0.25, 0.3) is 0 Å². The van der Waals surface area contributed by atoms with E-state index in [1.54, 1.807) is 17.5 Å². The van der Waals surface area contributed by atoms with Crippen molar-refractivity contribution < 1.29 is 4.74 Å². The Morgan fingerprint density at radius 3 is 3.10 bits per heavy atom. The molecule has 20 heavy (non-hydrogen) atoms. The normalized spacial score (nSPS) is 19.1. The number of morpholine rings is 1. The SMILES string of the molecule is CNc1c(Cl)ncnc1N1CCOC(c2nccs2)C1. The lowest BCUT2D eigenvalue weighted by molar-refractivity contribution is 0.0394. The Kier molecular flexibility index (Phi) is 4.00. The van der Waals surface area contributed by atoms with Crippen molar-refractivity contribution in [1.29, 1.82) is 0 Å². The van der Waals surface area contributed by atoms with Crippen molar-refractivity contribution in [2.24, 2.45) is 0 Å². The topological polar surface area (TPSA) is 63.2 Å². The van der Waals surface area contributed by atoms with E-state index in [0.717, 1.165) is 23.1 Å². The lowest BCUT2D eigenvalue weighted by Crippen LogP contribution is -2.39. The van der Waals surface area contributed by atoms with Crippen LogP contribution in [0, 0.1) is 0 Å². The van der Waals surface area contributed by atoms with Crippen LogP contribution in [0.25, 0.3) is 0 Å². The lowest BCUT2D eigenvalue weighted by atomic mass is 10.2. The molecule has 6 nitrogen and oxygen atoms in total. The van der Waals surface area contributed by atoms with E-state index in [4.69, 9.17) is 16.3 Å². The summed E-state index contributed by atoms with van der Waals surface area (Å²) in [6.45, 7) is 2.11. The average molecular weight is 312 g/mol. The second-order valence-corrected chi connectivity index (χ2v) is 5.57. The zero-order valence-corrected chi connectivity index (χ0v) is 12.5. The molecule has 1 saturated heterocycles. The van der Waals surface area contributed by atoms with Crippen molar-refractivity contribution in [2.75, 3.05) is 37.0 Å². The van der Waals surface area contributed by atoms with Crippen LogP contribution in [-0.4, -0.2) is 41.7 Å². The monoisotopic (exact) mass is 311 g/mol. The summed E-state index contributed by atoms with van der Waals surface area (Å²) < 4.78 is 5.79. The molecule has 0 amide bonds. The Hall–Kier alpha value is -1.44. The van der Waals surface area contributed by atoms with Crippen molar-refractivity contribution >= 4 is 34.4 Å². The van der Waals surface area contributed by atoms with E-state index >= 15 is 0 Å². The van der Waals surface area contributed by atoms with Gasteiger partial charge in [0.15, 0.2) is 11.0 Å². The molecule has 2 aromatic rings. The molecule has 1 unspecified atom stereocenters. The summed E-state index contributed by atoms with van der Waals surface area (Å²) in [4.78, 5) is 14.8. The van der Waals surface area contributed by atoms with Crippen LogP contribution in [0.5, 0.6) is 0 Å². The van der Waals surface area contributed by atoms with Crippen LogP contribution in [-0.2, 0) is 4.74 Å². The fourth-order valence-corrected chi connectivity index (χ4v) is 3.09. The third-order valence-electron chi connectivity index (χ3n) is 3.12. The van der Waals surface area contributed by atoms with Gasteiger partial charge in [-0.2, -0.15) is 0 Å². The quantitative estimate of drug-likeness (QED) is 0.877. The van der Waals surface area contributed by atoms with Gasteiger partial charge in [-0.1, -0.05) is 11.6 Å². The largest absolute Gasteiger partial charge is 0.383 e. The third kappa shape index (κ3) is 2.56. The first-order valence-electron chi connectivity index (χ1n) is 6.23. The molecule has 0 spiro atoms. The van der Waals surface area contributed by atoms with Crippen LogP contribution >= 0.6 is 22.9 Å². The minimum Gasteiger partial charge on any atom is -0.383 e. The molecule has 0 radical (unpaired) electrons. The first kappa shape index (κ1) is 13.5. The van der Waals surface area contributed by atoms with Gasteiger partial charge in [0.1, 0.15) is 23.1 Å². The Morgan fingerprint density at radius 1 is 1.45 bits per heavy atom. The zero-order chi connectivity index (χ0) is 13.9.